The Bertz CT molecular complexity index is 1230. The topological polar surface area (TPSA) is 64.3 Å². The van der Waals surface area contributed by atoms with Gasteiger partial charge >= 0.3 is 5.97 Å². The first kappa shape index (κ1) is 21.8. The van der Waals surface area contributed by atoms with Crippen molar-refractivity contribution in [3.05, 3.63) is 89.2 Å². The molecule has 1 heterocycles. The number of carbonyl (C=O) groups is 1. The fourth-order valence-electron chi connectivity index (χ4n) is 4.12. The van der Waals surface area contributed by atoms with Crippen molar-refractivity contribution in [2.45, 2.75) is 39.3 Å². The molecule has 0 aliphatic rings. The van der Waals surface area contributed by atoms with Crippen LogP contribution < -0.4 is 0 Å². The highest BCUT2D eigenvalue weighted by molar-refractivity contribution is 6.02. The van der Waals surface area contributed by atoms with Crippen LogP contribution in [0.4, 0.5) is 0 Å². The fourth-order valence-corrected chi connectivity index (χ4v) is 4.12. The zero-order valence-corrected chi connectivity index (χ0v) is 18.5. The van der Waals surface area contributed by atoms with E-state index < -0.39 is 0 Å². The zero-order valence-electron chi connectivity index (χ0n) is 18.5. The number of aryl methyl sites for hydroxylation is 1. The summed E-state index contributed by atoms with van der Waals surface area (Å²) in [7, 11) is 1.41. The monoisotopic (exact) mass is 428 g/mol. The van der Waals surface area contributed by atoms with Crippen LogP contribution in [0, 0.1) is 0 Å². The lowest BCUT2D eigenvalue weighted by Crippen LogP contribution is -2.09. The van der Waals surface area contributed by atoms with Gasteiger partial charge in [-0.05, 0) is 40.8 Å². The summed E-state index contributed by atoms with van der Waals surface area (Å²) < 4.78 is 7.17. The van der Waals surface area contributed by atoms with Crippen molar-refractivity contribution in [1.82, 2.24) is 9.55 Å². The van der Waals surface area contributed by atoms with Gasteiger partial charge in [0, 0.05) is 13.0 Å². The predicted molar refractivity (Wildman–Crippen MR) is 127 cm³/mol. The molecule has 5 heteroatoms. The second kappa shape index (κ2) is 9.79. The van der Waals surface area contributed by atoms with Crippen molar-refractivity contribution in [2.24, 2.45) is 0 Å². The molecule has 1 N–H and O–H groups in total. The minimum Gasteiger partial charge on any atom is -0.465 e. The van der Waals surface area contributed by atoms with Crippen molar-refractivity contribution in [1.29, 1.82) is 0 Å². The van der Waals surface area contributed by atoms with Gasteiger partial charge in [-0.1, -0.05) is 67.9 Å². The molecule has 0 radical (unpaired) electrons. The smallest absolute Gasteiger partial charge is 0.340 e. The Morgan fingerprint density at radius 1 is 1.03 bits per heavy atom. The number of methoxy groups -OCH3 is 1. The third kappa shape index (κ3) is 4.30. The molecule has 164 valence electrons. The van der Waals surface area contributed by atoms with Crippen molar-refractivity contribution in [3.8, 4) is 11.1 Å². The van der Waals surface area contributed by atoms with Crippen LogP contribution in [0.1, 0.15) is 47.1 Å². The summed E-state index contributed by atoms with van der Waals surface area (Å²) in [5.41, 5.74) is 6.29. The molecule has 0 saturated carbocycles. The minimum atomic E-state index is -0.352. The lowest BCUT2D eigenvalue weighted by atomic mass is 9.99. The third-order valence-electron chi connectivity index (χ3n) is 5.80. The van der Waals surface area contributed by atoms with Gasteiger partial charge in [0.15, 0.2) is 0 Å². The van der Waals surface area contributed by atoms with Gasteiger partial charge in [0.1, 0.15) is 5.82 Å². The minimum absolute atomic E-state index is 0.00996. The number of unbranched alkanes of at least 4 members (excludes halogenated alkanes) is 1. The molecular formula is C27H28N2O3. The molecule has 0 unspecified atom stereocenters. The molecule has 1 aromatic heterocycles. The van der Waals surface area contributed by atoms with Crippen LogP contribution in [0.15, 0.2) is 66.7 Å². The molecule has 4 aromatic rings. The molecular weight excluding hydrogens is 400 g/mol. The van der Waals surface area contributed by atoms with E-state index in [2.05, 4.69) is 35.8 Å². The normalized spacial score (nSPS) is 11.1. The SMILES string of the molecule is CCCCc1nc2cccc(C(=O)OC)c2n1Cc1ccc(-c2ccccc2CO)cc1. The molecule has 0 saturated heterocycles. The number of rotatable bonds is 8. The Hall–Kier alpha value is -3.44. The highest BCUT2D eigenvalue weighted by Gasteiger charge is 2.18. The number of aliphatic hydroxyl groups is 1. The molecule has 32 heavy (non-hydrogen) atoms. The van der Waals surface area contributed by atoms with Crippen molar-refractivity contribution < 1.29 is 14.6 Å². The number of aliphatic hydroxyl groups excluding tert-OH is 1. The van der Waals surface area contributed by atoms with Gasteiger partial charge in [-0.3, -0.25) is 0 Å². The molecule has 5 nitrogen and oxygen atoms in total. The van der Waals surface area contributed by atoms with Crippen LogP contribution in [0.2, 0.25) is 0 Å². The maximum Gasteiger partial charge on any atom is 0.340 e. The summed E-state index contributed by atoms with van der Waals surface area (Å²) in [4.78, 5) is 17.3. The molecule has 0 aliphatic carbocycles. The van der Waals surface area contributed by atoms with Crippen LogP contribution in [0.3, 0.4) is 0 Å². The maximum absolute atomic E-state index is 12.4. The van der Waals surface area contributed by atoms with Crippen LogP contribution >= 0.6 is 0 Å². The summed E-state index contributed by atoms with van der Waals surface area (Å²) >= 11 is 0. The number of hydrogen-bond acceptors (Lipinski definition) is 4. The summed E-state index contributed by atoms with van der Waals surface area (Å²) in [6.07, 6.45) is 2.97. The lowest BCUT2D eigenvalue weighted by molar-refractivity contribution is 0.0602. The zero-order chi connectivity index (χ0) is 22.5. The number of carbonyl (C=O) groups excluding carboxylic acids is 1. The molecule has 0 bridgehead atoms. The van der Waals surface area contributed by atoms with Crippen LogP contribution in [-0.2, 0) is 24.3 Å². The molecule has 0 amide bonds. The Morgan fingerprint density at radius 3 is 2.53 bits per heavy atom. The number of esters is 1. The molecule has 0 fully saturated rings. The summed E-state index contributed by atoms with van der Waals surface area (Å²) in [5.74, 6) is 0.627. The quantitative estimate of drug-likeness (QED) is 0.383. The highest BCUT2D eigenvalue weighted by Crippen LogP contribution is 2.27. The van der Waals surface area contributed by atoms with Gasteiger partial charge in [0.05, 0.1) is 30.3 Å². The number of aromatic nitrogens is 2. The number of fused-ring (bicyclic) bond motifs is 1. The van der Waals surface area contributed by atoms with Gasteiger partial charge < -0.3 is 14.4 Å². The van der Waals surface area contributed by atoms with Crippen LogP contribution in [0.5, 0.6) is 0 Å². The first-order chi connectivity index (χ1) is 15.7. The fraction of sp³-hybridized carbons (Fsp3) is 0.259. The van der Waals surface area contributed by atoms with E-state index in [1.165, 1.54) is 7.11 Å². The maximum atomic E-state index is 12.4. The second-order valence-electron chi connectivity index (χ2n) is 7.89. The standard InChI is InChI=1S/C27H28N2O3/c1-3-4-12-25-28-24-11-7-10-23(27(31)32-2)26(24)29(25)17-19-13-15-20(16-14-19)22-9-6-5-8-21(22)18-30/h5-11,13-16,30H,3-4,12,17-18H2,1-2H3. The average molecular weight is 429 g/mol. The molecule has 0 aliphatic heterocycles. The van der Waals surface area contributed by atoms with Gasteiger partial charge in [-0.2, -0.15) is 0 Å². The van der Waals surface area contributed by atoms with Crippen molar-refractivity contribution >= 4 is 17.0 Å². The summed E-state index contributed by atoms with van der Waals surface area (Å²) in [6, 6.07) is 21.8. The van der Waals surface area contributed by atoms with Gasteiger partial charge in [-0.25, -0.2) is 9.78 Å². The number of benzene rings is 3. The van der Waals surface area contributed by atoms with E-state index in [0.29, 0.717) is 12.1 Å². The van der Waals surface area contributed by atoms with Crippen molar-refractivity contribution in [2.75, 3.05) is 7.11 Å². The Morgan fingerprint density at radius 2 is 1.81 bits per heavy atom. The van der Waals surface area contributed by atoms with Gasteiger partial charge in [-0.15, -0.1) is 0 Å². The van der Waals surface area contributed by atoms with Crippen LogP contribution in [0.25, 0.3) is 22.2 Å². The van der Waals surface area contributed by atoms with Crippen molar-refractivity contribution in [3.63, 3.8) is 0 Å². The molecule has 4 rings (SSSR count). The Kier molecular flexibility index (Phi) is 6.66. The molecule has 0 atom stereocenters. The molecule has 3 aromatic carbocycles. The van der Waals surface area contributed by atoms with Gasteiger partial charge in [0.25, 0.3) is 0 Å². The molecule has 0 spiro atoms. The van der Waals surface area contributed by atoms with E-state index in [1.54, 1.807) is 6.07 Å². The Labute approximate surface area is 188 Å². The predicted octanol–water partition coefficient (Wildman–Crippen LogP) is 5.37. The first-order valence-electron chi connectivity index (χ1n) is 11.0. The summed E-state index contributed by atoms with van der Waals surface area (Å²) in [5, 5.41) is 9.65. The van der Waals surface area contributed by atoms with E-state index in [-0.39, 0.29) is 12.6 Å². The van der Waals surface area contributed by atoms with E-state index >= 15 is 0 Å². The number of imidazole rings is 1. The Balaban J connectivity index is 1.73. The third-order valence-corrected chi connectivity index (χ3v) is 5.80. The van der Waals surface area contributed by atoms with E-state index in [4.69, 9.17) is 9.72 Å². The summed E-state index contributed by atoms with van der Waals surface area (Å²) in [6.45, 7) is 2.79. The number of para-hydroxylation sites is 1. The number of hydrogen-bond donors (Lipinski definition) is 1. The largest absolute Gasteiger partial charge is 0.465 e. The van der Waals surface area contributed by atoms with Gasteiger partial charge in [0.2, 0.25) is 0 Å². The highest BCUT2D eigenvalue weighted by atomic mass is 16.5. The van der Waals surface area contributed by atoms with E-state index in [0.717, 1.165) is 58.4 Å². The average Bonchev–Trinajstić information content (AvgIpc) is 3.19. The lowest BCUT2D eigenvalue weighted by Gasteiger charge is -2.13. The number of ether oxygens (including phenoxy) is 1. The first-order valence-corrected chi connectivity index (χ1v) is 11.0. The second-order valence-corrected chi connectivity index (χ2v) is 7.89. The van der Waals surface area contributed by atoms with E-state index in [9.17, 15) is 9.90 Å². The number of nitrogens with zero attached hydrogens (tertiary/aromatic N) is 2. The van der Waals surface area contributed by atoms with E-state index in [1.807, 2.05) is 36.4 Å². The van der Waals surface area contributed by atoms with Crippen LogP contribution in [-0.4, -0.2) is 27.7 Å².